The number of nitrogens with one attached hydrogen (secondary N) is 1. The number of hydrogen-bond donors (Lipinski definition) is 1. The van der Waals surface area contributed by atoms with Gasteiger partial charge in [0.15, 0.2) is 0 Å². The van der Waals surface area contributed by atoms with Crippen LogP contribution in [-0.2, 0) is 0 Å². The number of rotatable bonds is 3. The second kappa shape index (κ2) is 5.32. The van der Waals surface area contributed by atoms with E-state index in [1.165, 1.54) is 12.1 Å². The average molecular weight is 227 g/mol. The van der Waals surface area contributed by atoms with Gasteiger partial charge in [-0.25, -0.2) is 4.39 Å². The third kappa shape index (κ3) is 3.22. The van der Waals surface area contributed by atoms with E-state index in [4.69, 9.17) is 16.9 Å². The molecule has 0 fully saturated rings. The molecule has 3 nitrogen and oxygen atoms in total. The highest BCUT2D eigenvalue weighted by Gasteiger charge is 2.07. The zero-order valence-corrected chi connectivity index (χ0v) is 8.51. The fraction of sp³-hybridized carbons (Fsp3) is 0.200. The summed E-state index contributed by atoms with van der Waals surface area (Å²) in [5.41, 5.74) is 0.190. The van der Waals surface area contributed by atoms with Gasteiger partial charge in [-0.1, -0.05) is 11.6 Å². The zero-order chi connectivity index (χ0) is 11.3. The lowest BCUT2D eigenvalue weighted by atomic mass is 10.2. The highest BCUT2D eigenvalue weighted by atomic mass is 35.5. The molecule has 78 valence electrons. The molecule has 1 rings (SSSR count). The largest absolute Gasteiger partial charge is 0.351 e. The first-order valence-electron chi connectivity index (χ1n) is 4.25. The Labute approximate surface area is 91.5 Å². The van der Waals surface area contributed by atoms with E-state index in [1.54, 1.807) is 0 Å². The lowest BCUT2D eigenvalue weighted by Crippen LogP contribution is -2.24. The second-order valence-electron chi connectivity index (χ2n) is 2.79. The Morgan fingerprint density at radius 3 is 2.93 bits per heavy atom. The van der Waals surface area contributed by atoms with Crippen molar-refractivity contribution >= 4 is 17.5 Å². The highest BCUT2D eigenvalue weighted by molar-refractivity contribution is 6.30. The number of nitriles is 1. The van der Waals surface area contributed by atoms with Gasteiger partial charge in [0.2, 0.25) is 0 Å². The predicted molar refractivity (Wildman–Crippen MR) is 54.0 cm³/mol. The van der Waals surface area contributed by atoms with Gasteiger partial charge in [-0.05, 0) is 18.2 Å². The summed E-state index contributed by atoms with van der Waals surface area (Å²) in [7, 11) is 0. The highest BCUT2D eigenvalue weighted by Crippen LogP contribution is 2.15. The maximum Gasteiger partial charge on any atom is 0.251 e. The predicted octanol–water partition coefficient (Wildman–Crippen LogP) is 2.12. The first-order chi connectivity index (χ1) is 7.15. The number of carbonyl (C=O) groups is 1. The standard InChI is InChI=1S/C10H8ClFN2O/c11-8-3-2-7(6-9(8)12)10(15)14-5-1-4-13/h2-3,6H,1,5H2,(H,14,15). The minimum Gasteiger partial charge on any atom is -0.351 e. The number of hydrogen-bond acceptors (Lipinski definition) is 2. The molecule has 1 aromatic rings. The van der Waals surface area contributed by atoms with Crippen molar-refractivity contribution in [2.45, 2.75) is 6.42 Å². The van der Waals surface area contributed by atoms with Crippen molar-refractivity contribution in [1.29, 1.82) is 5.26 Å². The van der Waals surface area contributed by atoms with Crippen molar-refractivity contribution in [2.24, 2.45) is 0 Å². The van der Waals surface area contributed by atoms with E-state index < -0.39 is 11.7 Å². The fourth-order valence-corrected chi connectivity index (χ4v) is 1.09. The summed E-state index contributed by atoms with van der Waals surface area (Å²) in [4.78, 5) is 11.4. The third-order valence-corrected chi connectivity index (χ3v) is 2.01. The lowest BCUT2D eigenvalue weighted by Gasteiger charge is -2.03. The van der Waals surface area contributed by atoms with Crippen molar-refractivity contribution < 1.29 is 9.18 Å². The maximum atomic E-state index is 13.0. The van der Waals surface area contributed by atoms with Crippen LogP contribution in [0, 0.1) is 17.1 Å². The van der Waals surface area contributed by atoms with Gasteiger partial charge < -0.3 is 5.32 Å². The second-order valence-corrected chi connectivity index (χ2v) is 3.20. The van der Waals surface area contributed by atoms with Gasteiger partial charge in [0.1, 0.15) is 5.82 Å². The van der Waals surface area contributed by atoms with E-state index in [9.17, 15) is 9.18 Å². The number of nitrogens with zero attached hydrogens (tertiary/aromatic N) is 1. The van der Waals surface area contributed by atoms with Crippen LogP contribution in [0.25, 0.3) is 0 Å². The summed E-state index contributed by atoms with van der Waals surface area (Å²) in [5, 5.41) is 10.7. The molecule has 0 aromatic heterocycles. The molecule has 0 aliphatic rings. The number of amides is 1. The number of benzene rings is 1. The molecule has 0 aliphatic heterocycles. The van der Waals surface area contributed by atoms with E-state index in [2.05, 4.69) is 5.32 Å². The molecule has 0 saturated heterocycles. The quantitative estimate of drug-likeness (QED) is 0.803. The molecule has 0 bridgehead atoms. The van der Waals surface area contributed by atoms with Crippen LogP contribution >= 0.6 is 11.6 Å². The molecule has 0 spiro atoms. The molecule has 0 atom stereocenters. The summed E-state index contributed by atoms with van der Waals surface area (Å²) < 4.78 is 13.0. The smallest absolute Gasteiger partial charge is 0.251 e. The van der Waals surface area contributed by atoms with E-state index in [1.807, 2.05) is 6.07 Å². The monoisotopic (exact) mass is 226 g/mol. The Bertz CT molecular complexity index is 414. The first kappa shape index (κ1) is 11.5. The van der Waals surface area contributed by atoms with Gasteiger partial charge in [0.05, 0.1) is 17.5 Å². The molecule has 1 amide bonds. The summed E-state index contributed by atoms with van der Waals surface area (Å²) in [6.07, 6.45) is 0.224. The van der Waals surface area contributed by atoms with Crippen molar-refractivity contribution in [3.05, 3.63) is 34.6 Å². The van der Waals surface area contributed by atoms with Crippen molar-refractivity contribution in [3.63, 3.8) is 0 Å². The van der Waals surface area contributed by atoms with Gasteiger partial charge in [0.25, 0.3) is 5.91 Å². The van der Waals surface area contributed by atoms with Gasteiger partial charge in [-0.3, -0.25) is 4.79 Å². The van der Waals surface area contributed by atoms with Gasteiger partial charge >= 0.3 is 0 Å². The van der Waals surface area contributed by atoms with Crippen LogP contribution in [-0.4, -0.2) is 12.5 Å². The van der Waals surface area contributed by atoms with Crippen molar-refractivity contribution in [2.75, 3.05) is 6.54 Å². The van der Waals surface area contributed by atoms with Crippen LogP contribution in [0.2, 0.25) is 5.02 Å². The Kier molecular flexibility index (Phi) is 4.07. The van der Waals surface area contributed by atoms with E-state index >= 15 is 0 Å². The molecule has 1 N–H and O–H groups in total. The van der Waals surface area contributed by atoms with Crippen molar-refractivity contribution in [1.82, 2.24) is 5.32 Å². The Balaban J connectivity index is 2.67. The molecule has 5 heteroatoms. The van der Waals surface area contributed by atoms with E-state index in [-0.39, 0.29) is 23.6 Å². The Hall–Kier alpha value is -1.60. The van der Waals surface area contributed by atoms with Crippen LogP contribution in [0.3, 0.4) is 0 Å². The summed E-state index contributed by atoms with van der Waals surface area (Å²) in [6.45, 7) is 0.250. The average Bonchev–Trinajstić information content (AvgIpc) is 2.22. The molecule has 0 aliphatic carbocycles. The summed E-state index contributed by atoms with van der Waals surface area (Å²) in [5.74, 6) is -1.05. The van der Waals surface area contributed by atoms with Gasteiger partial charge in [-0.2, -0.15) is 5.26 Å². The van der Waals surface area contributed by atoms with Crippen LogP contribution in [0.4, 0.5) is 4.39 Å². The van der Waals surface area contributed by atoms with Gasteiger partial charge in [0, 0.05) is 12.1 Å². The minimum atomic E-state index is -0.635. The van der Waals surface area contributed by atoms with Crippen LogP contribution in [0.5, 0.6) is 0 Å². The van der Waals surface area contributed by atoms with E-state index in [0.717, 1.165) is 6.07 Å². The van der Waals surface area contributed by atoms with E-state index in [0.29, 0.717) is 0 Å². The Morgan fingerprint density at radius 2 is 2.33 bits per heavy atom. The molecule has 1 aromatic carbocycles. The zero-order valence-electron chi connectivity index (χ0n) is 7.76. The Morgan fingerprint density at radius 1 is 1.60 bits per heavy atom. The SMILES string of the molecule is N#CCCNC(=O)c1ccc(Cl)c(F)c1. The lowest BCUT2D eigenvalue weighted by molar-refractivity contribution is 0.0954. The molecular formula is C10H8ClFN2O. The fourth-order valence-electron chi connectivity index (χ4n) is 0.971. The normalized spacial score (nSPS) is 9.40. The third-order valence-electron chi connectivity index (χ3n) is 1.70. The summed E-state index contributed by atoms with van der Waals surface area (Å²) in [6, 6.07) is 5.68. The van der Waals surface area contributed by atoms with Crippen LogP contribution < -0.4 is 5.32 Å². The minimum absolute atomic E-state index is 0.0245. The summed E-state index contributed by atoms with van der Waals surface area (Å²) >= 11 is 5.46. The number of carbonyl (C=O) groups excluding carboxylic acids is 1. The molecule has 0 unspecified atom stereocenters. The van der Waals surface area contributed by atoms with Crippen LogP contribution in [0.1, 0.15) is 16.8 Å². The molecule has 0 heterocycles. The molecule has 0 radical (unpaired) electrons. The van der Waals surface area contributed by atoms with Crippen molar-refractivity contribution in [3.8, 4) is 6.07 Å². The number of halogens is 2. The maximum absolute atomic E-state index is 13.0. The topological polar surface area (TPSA) is 52.9 Å². The molecule has 15 heavy (non-hydrogen) atoms. The molecular weight excluding hydrogens is 219 g/mol. The van der Waals surface area contributed by atoms with Gasteiger partial charge in [-0.15, -0.1) is 0 Å². The molecule has 0 saturated carbocycles. The van der Waals surface area contributed by atoms with Crippen LogP contribution in [0.15, 0.2) is 18.2 Å². The first-order valence-corrected chi connectivity index (χ1v) is 4.63.